The minimum atomic E-state index is 0. The predicted octanol–water partition coefficient (Wildman–Crippen LogP) is 2.17. The van der Waals surface area contributed by atoms with Crippen molar-refractivity contribution in [2.75, 3.05) is 31.1 Å². The van der Waals surface area contributed by atoms with Gasteiger partial charge in [0.25, 0.3) is 0 Å². The number of piperazine rings is 1. The molecule has 1 fully saturated rings. The molecule has 0 bridgehead atoms. The lowest BCUT2D eigenvalue weighted by atomic mass is 10.2. The number of aromatic nitrogens is 1. The zero-order valence-corrected chi connectivity index (χ0v) is 10.8. The molecule has 2 aromatic heterocycles. The van der Waals surface area contributed by atoms with Gasteiger partial charge in [-0.1, -0.05) is 0 Å². The number of furan rings is 1. The van der Waals surface area contributed by atoms with Gasteiger partial charge >= 0.3 is 0 Å². The van der Waals surface area contributed by atoms with Crippen molar-refractivity contribution in [2.24, 2.45) is 0 Å². The van der Waals surface area contributed by atoms with Crippen LogP contribution in [0.4, 0.5) is 5.82 Å². The highest BCUT2D eigenvalue weighted by molar-refractivity contribution is 5.85. The molecular weight excluding hydrogens is 250 g/mol. The van der Waals surface area contributed by atoms with Crippen molar-refractivity contribution in [1.29, 1.82) is 0 Å². The average molecular weight is 266 g/mol. The highest BCUT2D eigenvalue weighted by Crippen LogP contribution is 2.21. The minimum Gasteiger partial charge on any atom is -0.464 e. The third kappa shape index (κ3) is 2.66. The summed E-state index contributed by atoms with van der Waals surface area (Å²) in [6.45, 7) is 4.10. The summed E-state index contributed by atoms with van der Waals surface area (Å²) in [7, 11) is 0. The zero-order valence-electron chi connectivity index (χ0n) is 10.0. The van der Waals surface area contributed by atoms with Crippen molar-refractivity contribution in [2.45, 2.75) is 0 Å². The van der Waals surface area contributed by atoms with Crippen LogP contribution in [0, 0.1) is 0 Å². The number of nitrogens with one attached hydrogen (secondary N) is 1. The fourth-order valence-electron chi connectivity index (χ4n) is 2.06. The average Bonchev–Trinajstić information content (AvgIpc) is 2.94. The van der Waals surface area contributed by atoms with E-state index in [9.17, 15) is 0 Å². The molecule has 5 heteroatoms. The summed E-state index contributed by atoms with van der Waals surface area (Å²) in [4.78, 5) is 6.79. The number of hydrogen-bond donors (Lipinski definition) is 1. The number of pyridine rings is 1. The molecule has 1 N–H and O–H groups in total. The van der Waals surface area contributed by atoms with E-state index in [0.29, 0.717) is 0 Å². The SMILES string of the molecule is Cl.c1coc(-c2ccc(N3CCNCC3)nc2)c1. The van der Waals surface area contributed by atoms with Gasteiger partial charge in [-0.2, -0.15) is 0 Å². The largest absolute Gasteiger partial charge is 0.464 e. The van der Waals surface area contributed by atoms with E-state index >= 15 is 0 Å². The summed E-state index contributed by atoms with van der Waals surface area (Å²) in [5, 5.41) is 3.33. The molecule has 18 heavy (non-hydrogen) atoms. The maximum atomic E-state index is 5.34. The molecule has 1 saturated heterocycles. The smallest absolute Gasteiger partial charge is 0.135 e. The molecule has 0 aliphatic carbocycles. The van der Waals surface area contributed by atoms with Crippen LogP contribution in [0.3, 0.4) is 0 Å². The molecule has 1 aliphatic rings. The van der Waals surface area contributed by atoms with Gasteiger partial charge in [0.05, 0.1) is 6.26 Å². The summed E-state index contributed by atoms with van der Waals surface area (Å²) in [5.41, 5.74) is 1.02. The Morgan fingerprint density at radius 1 is 1.17 bits per heavy atom. The molecule has 0 radical (unpaired) electrons. The second-order valence-electron chi connectivity index (χ2n) is 4.12. The van der Waals surface area contributed by atoms with Gasteiger partial charge in [0.2, 0.25) is 0 Å². The van der Waals surface area contributed by atoms with E-state index in [2.05, 4.69) is 27.3 Å². The Morgan fingerprint density at radius 2 is 2.00 bits per heavy atom. The van der Waals surface area contributed by atoms with E-state index in [1.807, 2.05) is 18.3 Å². The van der Waals surface area contributed by atoms with E-state index in [1.54, 1.807) is 6.26 Å². The van der Waals surface area contributed by atoms with Gasteiger partial charge < -0.3 is 14.6 Å². The summed E-state index contributed by atoms with van der Waals surface area (Å²) >= 11 is 0. The quantitative estimate of drug-likeness (QED) is 0.904. The van der Waals surface area contributed by atoms with Gasteiger partial charge in [-0.3, -0.25) is 0 Å². The molecule has 3 heterocycles. The van der Waals surface area contributed by atoms with Gasteiger partial charge in [-0.25, -0.2) is 4.98 Å². The third-order valence-electron chi connectivity index (χ3n) is 2.99. The summed E-state index contributed by atoms with van der Waals surface area (Å²) in [5.74, 6) is 1.91. The number of halogens is 1. The number of anilines is 1. The van der Waals surface area contributed by atoms with Crippen molar-refractivity contribution in [3.8, 4) is 11.3 Å². The molecule has 3 rings (SSSR count). The van der Waals surface area contributed by atoms with E-state index in [0.717, 1.165) is 43.3 Å². The zero-order chi connectivity index (χ0) is 11.5. The second kappa shape index (κ2) is 5.89. The molecule has 0 saturated carbocycles. The molecule has 0 atom stereocenters. The van der Waals surface area contributed by atoms with Crippen molar-refractivity contribution in [1.82, 2.24) is 10.3 Å². The Labute approximate surface area is 112 Å². The summed E-state index contributed by atoms with van der Waals surface area (Å²) < 4.78 is 5.34. The second-order valence-corrected chi connectivity index (χ2v) is 4.12. The van der Waals surface area contributed by atoms with Gasteiger partial charge in [-0.15, -0.1) is 12.4 Å². The number of nitrogens with zero attached hydrogens (tertiary/aromatic N) is 2. The van der Waals surface area contributed by atoms with E-state index in [4.69, 9.17) is 4.42 Å². The van der Waals surface area contributed by atoms with Crippen LogP contribution in [0.25, 0.3) is 11.3 Å². The van der Waals surface area contributed by atoms with Crippen molar-refractivity contribution < 1.29 is 4.42 Å². The van der Waals surface area contributed by atoms with Gasteiger partial charge in [0.15, 0.2) is 0 Å². The fraction of sp³-hybridized carbons (Fsp3) is 0.308. The van der Waals surface area contributed by atoms with Crippen molar-refractivity contribution >= 4 is 18.2 Å². The molecule has 4 nitrogen and oxygen atoms in total. The highest BCUT2D eigenvalue weighted by Gasteiger charge is 2.11. The predicted molar refractivity (Wildman–Crippen MR) is 74.3 cm³/mol. The van der Waals surface area contributed by atoms with Gasteiger partial charge in [-0.05, 0) is 24.3 Å². The molecule has 0 unspecified atom stereocenters. The van der Waals surface area contributed by atoms with Crippen LogP contribution in [0.5, 0.6) is 0 Å². The molecule has 0 aromatic carbocycles. The lowest BCUT2D eigenvalue weighted by Crippen LogP contribution is -2.43. The Bertz CT molecular complexity index is 463. The van der Waals surface area contributed by atoms with Gasteiger partial charge in [0, 0.05) is 37.9 Å². The normalized spacial score (nSPS) is 15.2. The molecule has 0 spiro atoms. The highest BCUT2D eigenvalue weighted by atomic mass is 35.5. The summed E-state index contributed by atoms with van der Waals surface area (Å²) in [6, 6.07) is 7.95. The number of hydrogen-bond acceptors (Lipinski definition) is 4. The third-order valence-corrected chi connectivity index (χ3v) is 2.99. The molecule has 2 aromatic rings. The van der Waals surface area contributed by atoms with Crippen molar-refractivity contribution in [3.05, 3.63) is 36.7 Å². The fourth-order valence-corrected chi connectivity index (χ4v) is 2.06. The number of rotatable bonds is 2. The Kier molecular flexibility index (Phi) is 4.23. The van der Waals surface area contributed by atoms with Crippen LogP contribution >= 0.6 is 12.4 Å². The topological polar surface area (TPSA) is 41.3 Å². The Hall–Kier alpha value is -1.52. The van der Waals surface area contributed by atoms with Crippen LogP contribution < -0.4 is 10.2 Å². The Balaban J connectivity index is 0.00000120. The molecule has 0 amide bonds. The van der Waals surface area contributed by atoms with Crippen LogP contribution in [-0.2, 0) is 0 Å². The first kappa shape index (κ1) is 12.9. The monoisotopic (exact) mass is 265 g/mol. The summed E-state index contributed by atoms with van der Waals surface area (Å²) in [6.07, 6.45) is 3.55. The van der Waals surface area contributed by atoms with Crippen molar-refractivity contribution in [3.63, 3.8) is 0 Å². The lowest BCUT2D eigenvalue weighted by Gasteiger charge is -2.28. The molecule has 96 valence electrons. The van der Waals surface area contributed by atoms with Crippen LogP contribution in [0.15, 0.2) is 41.1 Å². The molecule has 1 aliphatic heterocycles. The Morgan fingerprint density at radius 3 is 2.61 bits per heavy atom. The first-order valence-electron chi connectivity index (χ1n) is 5.89. The maximum Gasteiger partial charge on any atom is 0.135 e. The van der Waals surface area contributed by atoms with E-state index < -0.39 is 0 Å². The first-order chi connectivity index (χ1) is 8.43. The standard InChI is InChI=1S/C13H15N3O.ClH/c1-2-12(17-9-1)11-3-4-13(15-10-11)16-7-5-14-6-8-16;/h1-4,9-10,14H,5-8H2;1H. The maximum absolute atomic E-state index is 5.34. The van der Waals surface area contributed by atoms with E-state index in [-0.39, 0.29) is 12.4 Å². The van der Waals surface area contributed by atoms with Crippen LogP contribution in [-0.4, -0.2) is 31.2 Å². The van der Waals surface area contributed by atoms with Gasteiger partial charge in [0.1, 0.15) is 11.6 Å². The molecular formula is C13H16ClN3O. The first-order valence-corrected chi connectivity index (χ1v) is 5.89. The lowest BCUT2D eigenvalue weighted by molar-refractivity contribution is 0.580. The minimum absolute atomic E-state index is 0. The van der Waals surface area contributed by atoms with Crippen LogP contribution in [0.1, 0.15) is 0 Å². The van der Waals surface area contributed by atoms with Crippen LogP contribution in [0.2, 0.25) is 0 Å². The van der Waals surface area contributed by atoms with E-state index in [1.165, 1.54) is 0 Å².